The van der Waals surface area contributed by atoms with E-state index in [-0.39, 0.29) is 5.91 Å². The number of piperazine rings is 1. The van der Waals surface area contributed by atoms with Crippen LogP contribution in [0, 0.1) is 0 Å². The maximum atomic E-state index is 11.8. The van der Waals surface area contributed by atoms with E-state index in [9.17, 15) is 4.79 Å². The van der Waals surface area contributed by atoms with Crippen LogP contribution in [0.1, 0.15) is 13.8 Å². The second-order valence-corrected chi connectivity index (χ2v) is 4.67. The van der Waals surface area contributed by atoms with Crippen LogP contribution >= 0.6 is 11.6 Å². The van der Waals surface area contributed by atoms with E-state index in [0.717, 1.165) is 12.4 Å². The minimum absolute atomic E-state index is 0.0144. The summed E-state index contributed by atoms with van der Waals surface area (Å²) < 4.78 is 0. The first-order valence-electron chi connectivity index (χ1n) is 5.20. The quantitative estimate of drug-likeness (QED) is 0.755. The van der Waals surface area contributed by atoms with Gasteiger partial charge in [-0.25, -0.2) is 4.98 Å². The first-order valence-corrected chi connectivity index (χ1v) is 5.58. The molecule has 0 saturated carbocycles. The minimum Gasteiger partial charge on any atom is -0.352 e. The van der Waals surface area contributed by atoms with Crippen LogP contribution in [-0.4, -0.2) is 29.5 Å². The average molecular weight is 240 g/mol. The first-order chi connectivity index (χ1) is 7.51. The molecule has 0 bridgehead atoms. The molecule has 1 saturated heterocycles. The molecule has 2 rings (SSSR count). The molecule has 2 heterocycles. The first kappa shape index (κ1) is 11.2. The van der Waals surface area contributed by atoms with Crippen LogP contribution in [0.4, 0.5) is 5.82 Å². The van der Waals surface area contributed by atoms with Crippen molar-refractivity contribution in [3.8, 4) is 0 Å². The Morgan fingerprint density at radius 3 is 2.94 bits per heavy atom. The summed E-state index contributed by atoms with van der Waals surface area (Å²) in [7, 11) is 0. The lowest BCUT2D eigenvalue weighted by atomic mass is 9.99. The van der Waals surface area contributed by atoms with Crippen molar-refractivity contribution in [2.24, 2.45) is 0 Å². The number of halogens is 1. The smallest absolute Gasteiger partial charge is 0.245 e. The maximum Gasteiger partial charge on any atom is 0.245 e. The Hall–Kier alpha value is -1.29. The molecule has 16 heavy (non-hydrogen) atoms. The largest absolute Gasteiger partial charge is 0.352 e. The van der Waals surface area contributed by atoms with Crippen LogP contribution in [0.2, 0.25) is 5.15 Å². The van der Waals surface area contributed by atoms with Crippen molar-refractivity contribution in [1.29, 1.82) is 0 Å². The number of nitrogens with zero attached hydrogens (tertiary/aromatic N) is 2. The molecule has 0 aromatic carbocycles. The number of anilines is 1. The van der Waals surface area contributed by atoms with Gasteiger partial charge in [0.1, 0.15) is 16.5 Å². The lowest BCUT2D eigenvalue weighted by molar-refractivity contribution is -0.126. The fourth-order valence-corrected chi connectivity index (χ4v) is 2.01. The molecule has 0 aliphatic carbocycles. The molecule has 1 fully saturated rings. The van der Waals surface area contributed by atoms with Gasteiger partial charge >= 0.3 is 0 Å². The molecular formula is C11H14ClN3O. The van der Waals surface area contributed by atoms with E-state index in [1.807, 2.05) is 30.9 Å². The van der Waals surface area contributed by atoms with Crippen LogP contribution in [0.5, 0.6) is 0 Å². The summed E-state index contributed by atoms with van der Waals surface area (Å²) in [6, 6.07) is 5.43. The molecule has 1 aliphatic heterocycles. The number of hydrogen-bond donors (Lipinski definition) is 1. The van der Waals surface area contributed by atoms with Crippen LogP contribution in [0.25, 0.3) is 0 Å². The minimum atomic E-state index is -0.587. The summed E-state index contributed by atoms with van der Waals surface area (Å²) in [5.74, 6) is 0.757. The van der Waals surface area contributed by atoms with Gasteiger partial charge in [0.15, 0.2) is 0 Å². The van der Waals surface area contributed by atoms with Gasteiger partial charge in [0.2, 0.25) is 5.91 Å². The molecule has 0 spiro atoms. The van der Waals surface area contributed by atoms with E-state index in [1.54, 1.807) is 6.07 Å². The highest BCUT2D eigenvalue weighted by Gasteiger charge is 2.38. The van der Waals surface area contributed by atoms with Gasteiger partial charge in [0.25, 0.3) is 0 Å². The van der Waals surface area contributed by atoms with Gasteiger partial charge in [-0.05, 0) is 26.0 Å². The van der Waals surface area contributed by atoms with Gasteiger partial charge in [-0.1, -0.05) is 17.7 Å². The number of nitrogens with one attached hydrogen (secondary N) is 1. The molecule has 1 aromatic heterocycles. The number of hydrogen-bond acceptors (Lipinski definition) is 3. The van der Waals surface area contributed by atoms with Crippen molar-refractivity contribution in [2.45, 2.75) is 19.4 Å². The number of aromatic nitrogens is 1. The maximum absolute atomic E-state index is 11.8. The molecule has 1 aromatic rings. The summed E-state index contributed by atoms with van der Waals surface area (Å²) in [6.07, 6.45) is 0. The number of amides is 1. The van der Waals surface area contributed by atoms with E-state index in [1.165, 1.54) is 0 Å². The predicted molar refractivity (Wildman–Crippen MR) is 63.7 cm³/mol. The molecule has 86 valence electrons. The Bertz CT molecular complexity index is 419. The fraction of sp³-hybridized carbons (Fsp3) is 0.455. The molecule has 1 amide bonds. The van der Waals surface area contributed by atoms with Gasteiger partial charge in [0.05, 0.1) is 0 Å². The van der Waals surface area contributed by atoms with E-state index < -0.39 is 5.54 Å². The molecule has 0 unspecified atom stereocenters. The zero-order valence-electron chi connectivity index (χ0n) is 9.33. The molecule has 4 nitrogen and oxygen atoms in total. The Morgan fingerprint density at radius 1 is 1.50 bits per heavy atom. The van der Waals surface area contributed by atoms with E-state index in [0.29, 0.717) is 11.7 Å². The molecule has 1 aliphatic rings. The van der Waals surface area contributed by atoms with Crippen LogP contribution in [-0.2, 0) is 4.79 Å². The van der Waals surface area contributed by atoms with Gasteiger partial charge in [0, 0.05) is 13.1 Å². The third-order valence-corrected chi connectivity index (χ3v) is 3.04. The third-order valence-electron chi connectivity index (χ3n) is 2.83. The van der Waals surface area contributed by atoms with Gasteiger partial charge in [-0.3, -0.25) is 4.79 Å². The normalized spacial score (nSPS) is 19.4. The summed E-state index contributed by atoms with van der Waals surface area (Å²) in [5.41, 5.74) is -0.587. The van der Waals surface area contributed by atoms with Gasteiger partial charge < -0.3 is 10.2 Å². The number of pyridine rings is 1. The van der Waals surface area contributed by atoms with Crippen molar-refractivity contribution in [2.75, 3.05) is 18.0 Å². The molecule has 5 heteroatoms. The highest BCUT2D eigenvalue weighted by molar-refractivity contribution is 6.29. The van der Waals surface area contributed by atoms with Crippen molar-refractivity contribution >= 4 is 23.3 Å². The lowest BCUT2D eigenvalue weighted by Crippen LogP contribution is -2.62. The van der Waals surface area contributed by atoms with Crippen molar-refractivity contribution in [3.63, 3.8) is 0 Å². The fourth-order valence-electron chi connectivity index (χ4n) is 1.85. The van der Waals surface area contributed by atoms with E-state index in [4.69, 9.17) is 11.6 Å². The molecule has 1 N–H and O–H groups in total. The lowest BCUT2D eigenvalue weighted by Gasteiger charge is -2.42. The van der Waals surface area contributed by atoms with Gasteiger partial charge in [-0.15, -0.1) is 0 Å². The van der Waals surface area contributed by atoms with Gasteiger partial charge in [-0.2, -0.15) is 0 Å². The van der Waals surface area contributed by atoms with Crippen LogP contribution in [0.15, 0.2) is 18.2 Å². The second-order valence-electron chi connectivity index (χ2n) is 4.29. The summed E-state index contributed by atoms with van der Waals surface area (Å²) in [5, 5.41) is 3.29. The molecular weight excluding hydrogens is 226 g/mol. The SMILES string of the molecule is CC1(C)C(=O)NCCN1c1cccc(Cl)n1. The van der Waals surface area contributed by atoms with E-state index >= 15 is 0 Å². The topological polar surface area (TPSA) is 45.2 Å². The summed E-state index contributed by atoms with van der Waals surface area (Å²) >= 11 is 5.86. The molecule has 0 radical (unpaired) electrons. The number of carbonyl (C=O) groups is 1. The highest BCUT2D eigenvalue weighted by Crippen LogP contribution is 2.25. The van der Waals surface area contributed by atoms with Crippen molar-refractivity contribution in [3.05, 3.63) is 23.4 Å². The Kier molecular flexibility index (Phi) is 2.76. The Labute approximate surface area is 99.6 Å². The second kappa shape index (κ2) is 3.94. The molecule has 0 atom stereocenters. The Morgan fingerprint density at radius 2 is 2.25 bits per heavy atom. The highest BCUT2D eigenvalue weighted by atomic mass is 35.5. The monoisotopic (exact) mass is 239 g/mol. The zero-order chi connectivity index (χ0) is 11.8. The van der Waals surface area contributed by atoms with Crippen molar-refractivity contribution < 1.29 is 4.79 Å². The van der Waals surface area contributed by atoms with Crippen molar-refractivity contribution in [1.82, 2.24) is 10.3 Å². The zero-order valence-corrected chi connectivity index (χ0v) is 10.1. The average Bonchev–Trinajstić information content (AvgIpc) is 2.22. The van der Waals surface area contributed by atoms with Crippen LogP contribution in [0.3, 0.4) is 0 Å². The summed E-state index contributed by atoms with van der Waals surface area (Å²) in [6.45, 7) is 5.14. The third kappa shape index (κ3) is 1.85. The standard InChI is InChI=1S/C11H14ClN3O/c1-11(2)10(16)13-6-7-15(11)9-5-3-4-8(12)14-9/h3-5H,6-7H2,1-2H3,(H,13,16). The number of carbonyl (C=O) groups excluding carboxylic acids is 1. The van der Waals surface area contributed by atoms with E-state index in [2.05, 4.69) is 10.3 Å². The van der Waals surface area contributed by atoms with Crippen LogP contribution < -0.4 is 10.2 Å². The summed E-state index contributed by atoms with van der Waals surface area (Å²) in [4.78, 5) is 18.0. The predicted octanol–water partition coefficient (Wildman–Crippen LogP) is 1.45. The Balaban J connectivity index is 2.36. The number of rotatable bonds is 1.